The van der Waals surface area contributed by atoms with Gasteiger partial charge in [0.15, 0.2) is 5.82 Å². The van der Waals surface area contributed by atoms with Gasteiger partial charge in [-0.15, -0.1) is 6.42 Å². The minimum atomic E-state index is -0.603. The number of carbonyl (C=O) groups excluding carboxylic acids is 1. The third-order valence-electron chi connectivity index (χ3n) is 5.43. The van der Waals surface area contributed by atoms with Gasteiger partial charge in [-0.2, -0.15) is 5.10 Å². The molecule has 0 aliphatic rings. The second kappa shape index (κ2) is 11.8. The van der Waals surface area contributed by atoms with Gasteiger partial charge < -0.3 is 10.6 Å². The Bertz CT molecular complexity index is 1350. The second-order valence-electron chi connectivity index (χ2n) is 8.56. The quantitative estimate of drug-likeness (QED) is 0.215. The van der Waals surface area contributed by atoms with E-state index in [4.69, 9.17) is 6.42 Å². The molecule has 8 heteroatoms. The van der Waals surface area contributed by atoms with Gasteiger partial charge in [-0.05, 0) is 75.6 Å². The fraction of sp³-hybridized carbons (Fsp3) is 0.214. The maximum absolute atomic E-state index is 14.5. The number of halogens is 1. The molecule has 0 aliphatic carbocycles. The zero-order chi connectivity index (χ0) is 26.1. The lowest BCUT2D eigenvalue weighted by Gasteiger charge is -2.17. The van der Waals surface area contributed by atoms with Gasteiger partial charge >= 0.3 is 0 Å². The predicted octanol–water partition coefficient (Wildman–Crippen LogP) is 5.42. The topological polar surface area (TPSA) is 95.1 Å². The van der Waals surface area contributed by atoms with E-state index in [9.17, 15) is 9.18 Å². The maximum Gasteiger partial charge on any atom is 0.255 e. The first-order valence-electron chi connectivity index (χ1n) is 11.4. The first-order valence-corrected chi connectivity index (χ1v) is 11.4. The number of pyridine rings is 1. The van der Waals surface area contributed by atoms with Crippen LogP contribution in [0.3, 0.4) is 0 Å². The van der Waals surface area contributed by atoms with Gasteiger partial charge in [0.2, 0.25) is 0 Å². The number of benzene rings is 1. The summed E-state index contributed by atoms with van der Waals surface area (Å²) in [7, 11) is 0. The molecule has 1 aromatic carbocycles. The maximum atomic E-state index is 14.5. The van der Waals surface area contributed by atoms with Crippen LogP contribution in [-0.2, 0) is 18.3 Å². The smallest absolute Gasteiger partial charge is 0.255 e. The Morgan fingerprint density at radius 1 is 1.25 bits per heavy atom. The highest BCUT2D eigenvalue weighted by Gasteiger charge is 2.20. The van der Waals surface area contributed by atoms with Crippen LogP contribution in [0.1, 0.15) is 48.1 Å². The average molecular weight is 485 g/mol. The summed E-state index contributed by atoms with van der Waals surface area (Å²) in [6, 6.07) is 9.62. The molecule has 1 amide bonds. The summed E-state index contributed by atoms with van der Waals surface area (Å²) in [6.07, 6.45) is 13.1. The monoisotopic (exact) mass is 484 g/mol. The lowest BCUT2D eigenvalue weighted by molar-refractivity contribution is 0.102. The number of hydrogen-bond acceptors (Lipinski definition) is 4. The van der Waals surface area contributed by atoms with E-state index in [1.807, 2.05) is 26.8 Å². The normalized spacial score (nSPS) is 11.8. The molecule has 3 rings (SSSR count). The van der Waals surface area contributed by atoms with Crippen molar-refractivity contribution in [1.29, 1.82) is 0 Å². The molecule has 0 aliphatic heterocycles. The number of carbonyl (C=O) groups is 1. The van der Waals surface area contributed by atoms with Crippen molar-refractivity contribution >= 4 is 23.2 Å². The third-order valence-corrected chi connectivity index (χ3v) is 5.43. The highest BCUT2D eigenvalue weighted by atomic mass is 19.1. The van der Waals surface area contributed by atoms with Crippen LogP contribution in [-0.4, -0.2) is 26.9 Å². The number of aromatic amines is 1. The van der Waals surface area contributed by atoms with Crippen LogP contribution in [0.15, 0.2) is 72.5 Å². The molecule has 184 valence electrons. The van der Waals surface area contributed by atoms with E-state index in [1.54, 1.807) is 42.7 Å². The Balaban J connectivity index is 1.67. The average Bonchev–Trinajstić information content (AvgIpc) is 3.34. The van der Waals surface area contributed by atoms with Crippen molar-refractivity contribution in [3.05, 3.63) is 95.9 Å². The van der Waals surface area contributed by atoms with Gasteiger partial charge in [-0.1, -0.05) is 18.6 Å². The number of allylic oxidation sites excluding steroid dienone is 1. The Hall–Kier alpha value is -4.51. The van der Waals surface area contributed by atoms with E-state index in [-0.39, 0.29) is 11.7 Å². The first-order chi connectivity index (χ1) is 17.2. The Kier molecular flexibility index (Phi) is 8.52. The summed E-state index contributed by atoms with van der Waals surface area (Å²) in [5.74, 6) is 3.14. The van der Waals surface area contributed by atoms with E-state index < -0.39 is 5.41 Å². The minimum Gasteiger partial charge on any atom is -0.323 e. The molecular formula is C28H29FN6O. The molecule has 0 unspecified atom stereocenters. The largest absolute Gasteiger partial charge is 0.323 e. The number of aromatic nitrogens is 3. The number of amidine groups is 1. The van der Waals surface area contributed by atoms with Crippen molar-refractivity contribution in [2.75, 3.05) is 10.6 Å². The van der Waals surface area contributed by atoms with Gasteiger partial charge in [0.25, 0.3) is 5.91 Å². The van der Waals surface area contributed by atoms with Crippen molar-refractivity contribution < 1.29 is 9.18 Å². The number of H-pyrrole nitrogens is 1. The summed E-state index contributed by atoms with van der Waals surface area (Å²) in [5.41, 5.74) is 2.23. The van der Waals surface area contributed by atoms with Crippen LogP contribution in [0.25, 0.3) is 0 Å². The van der Waals surface area contributed by atoms with Crippen molar-refractivity contribution in [2.45, 2.75) is 39.0 Å². The molecule has 2 heterocycles. The number of aliphatic imine (C=N–C) groups is 1. The summed E-state index contributed by atoms with van der Waals surface area (Å²) >= 11 is 0. The van der Waals surface area contributed by atoms with Gasteiger partial charge in [0.1, 0.15) is 11.7 Å². The van der Waals surface area contributed by atoms with Gasteiger partial charge in [-0.25, -0.2) is 9.38 Å². The zero-order valence-electron chi connectivity index (χ0n) is 20.6. The van der Waals surface area contributed by atoms with E-state index in [0.29, 0.717) is 47.0 Å². The lowest BCUT2D eigenvalue weighted by Crippen LogP contribution is -2.18. The molecule has 36 heavy (non-hydrogen) atoms. The number of rotatable bonds is 9. The summed E-state index contributed by atoms with van der Waals surface area (Å²) < 4.78 is 14.5. The summed E-state index contributed by atoms with van der Waals surface area (Å²) in [4.78, 5) is 21.3. The number of aryl methyl sites for hydroxylation is 2. The molecule has 0 radical (unpaired) electrons. The molecule has 0 spiro atoms. The van der Waals surface area contributed by atoms with Crippen LogP contribution in [0.2, 0.25) is 0 Å². The molecule has 0 saturated heterocycles. The summed E-state index contributed by atoms with van der Waals surface area (Å²) in [6.45, 7) is 9.31. The number of terminal acetylenes is 1. The SMILES string of the molecule is C#CC(C)(C)c1cc(C(=O)Nc2ccc(F)c(CCc3cc(NC(C=C)=N/C=C\C)n[nH]3)c2)ccn1. The molecule has 3 N–H and O–H groups in total. The molecule has 2 aromatic heterocycles. The Morgan fingerprint density at radius 2 is 2.06 bits per heavy atom. The van der Waals surface area contributed by atoms with Crippen LogP contribution in [0, 0.1) is 18.2 Å². The molecule has 3 aromatic rings. The van der Waals surface area contributed by atoms with Crippen molar-refractivity contribution in [1.82, 2.24) is 15.2 Å². The number of anilines is 2. The molecule has 0 bridgehead atoms. The lowest BCUT2D eigenvalue weighted by atomic mass is 9.89. The van der Waals surface area contributed by atoms with E-state index in [2.05, 4.69) is 43.3 Å². The highest BCUT2D eigenvalue weighted by Crippen LogP contribution is 2.22. The second-order valence-corrected chi connectivity index (χ2v) is 8.56. The standard InChI is InChI=1S/C28H29FN6O/c1-6-14-31-25(7-2)33-26-18-22(34-35-26)10-9-19-16-21(11-12-23(19)29)32-27(36)20-13-15-30-24(17-20)28(4,5)8-3/h3,6-7,11-18H,2,9-10H2,1,4-5H3,(H,32,36)(H2,31,33,34,35)/b14-6-. The Labute approximate surface area is 210 Å². The molecule has 7 nitrogen and oxygen atoms in total. The van der Waals surface area contributed by atoms with Crippen molar-refractivity contribution in [2.24, 2.45) is 4.99 Å². The van der Waals surface area contributed by atoms with Crippen molar-refractivity contribution in [3.8, 4) is 12.3 Å². The van der Waals surface area contributed by atoms with Crippen LogP contribution in [0.5, 0.6) is 0 Å². The number of amides is 1. The predicted molar refractivity (Wildman–Crippen MR) is 143 cm³/mol. The van der Waals surface area contributed by atoms with Crippen molar-refractivity contribution in [3.63, 3.8) is 0 Å². The van der Waals surface area contributed by atoms with E-state index >= 15 is 0 Å². The molecule has 0 saturated carbocycles. The number of nitrogens with zero attached hydrogens (tertiary/aromatic N) is 3. The number of hydrogen-bond donors (Lipinski definition) is 3. The van der Waals surface area contributed by atoms with Crippen LogP contribution in [0.4, 0.5) is 15.9 Å². The molecular weight excluding hydrogens is 455 g/mol. The van der Waals surface area contributed by atoms with Gasteiger partial charge in [0, 0.05) is 35.4 Å². The van der Waals surface area contributed by atoms with Gasteiger partial charge in [0.05, 0.1) is 11.1 Å². The fourth-order valence-corrected chi connectivity index (χ4v) is 3.28. The summed E-state index contributed by atoms with van der Waals surface area (Å²) in [5, 5.41) is 13.0. The zero-order valence-corrected chi connectivity index (χ0v) is 20.6. The Morgan fingerprint density at radius 3 is 2.78 bits per heavy atom. The third kappa shape index (κ3) is 6.76. The highest BCUT2D eigenvalue weighted by molar-refractivity contribution is 6.04. The van der Waals surface area contributed by atoms with E-state index in [1.165, 1.54) is 12.1 Å². The fourth-order valence-electron chi connectivity index (χ4n) is 3.28. The molecule has 0 fully saturated rings. The van der Waals surface area contributed by atoms with Crippen LogP contribution >= 0.6 is 0 Å². The van der Waals surface area contributed by atoms with E-state index in [0.717, 1.165) is 5.69 Å². The minimum absolute atomic E-state index is 0.328. The van der Waals surface area contributed by atoms with Gasteiger partial charge in [-0.3, -0.25) is 14.9 Å². The molecule has 0 atom stereocenters. The van der Waals surface area contributed by atoms with Crippen LogP contribution < -0.4 is 10.6 Å². The number of nitrogens with one attached hydrogen (secondary N) is 3. The first kappa shape index (κ1) is 26.1.